The predicted octanol–water partition coefficient (Wildman–Crippen LogP) is 2.12. The molecule has 1 fully saturated rings. The zero-order chi connectivity index (χ0) is 12.5. The van der Waals surface area contributed by atoms with E-state index in [1.165, 1.54) is 0 Å². The van der Waals surface area contributed by atoms with Crippen LogP contribution in [0.15, 0.2) is 30.3 Å². The second-order valence-corrected chi connectivity index (χ2v) is 5.57. The van der Waals surface area contributed by atoms with Gasteiger partial charge in [0.2, 0.25) is 0 Å². The average Bonchev–Trinajstić information content (AvgIpc) is 2.62. The maximum Gasteiger partial charge on any atom is 0.251 e. The Labute approximate surface area is 102 Å². The summed E-state index contributed by atoms with van der Waals surface area (Å²) in [5.41, 5.74) is 1.06. The normalized spacial score (nSPS) is 24.8. The fourth-order valence-electron chi connectivity index (χ4n) is 1.87. The highest BCUT2D eigenvalue weighted by Gasteiger charge is 2.38. The molecule has 3 heteroatoms. The van der Waals surface area contributed by atoms with Gasteiger partial charge < -0.3 is 10.1 Å². The molecule has 2 rings (SSSR count). The summed E-state index contributed by atoms with van der Waals surface area (Å²) >= 11 is 0. The van der Waals surface area contributed by atoms with Gasteiger partial charge in [-0.2, -0.15) is 0 Å². The number of hydrogen-bond donors (Lipinski definition) is 1. The van der Waals surface area contributed by atoms with E-state index < -0.39 is 0 Å². The number of benzene rings is 1. The van der Waals surface area contributed by atoms with E-state index in [0.29, 0.717) is 6.42 Å². The van der Waals surface area contributed by atoms with E-state index in [-0.39, 0.29) is 23.7 Å². The molecule has 0 saturated carbocycles. The summed E-state index contributed by atoms with van der Waals surface area (Å²) in [6.45, 7) is 6.18. The molecule has 1 N–H and O–H groups in total. The standard InChI is InChI=1S/C14H19NO2/c1-14(2,3)13-15-12(16)11(17-13)9-10-7-5-4-6-8-10/h4-8,11,13H,9H2,1-3H3,(H,15,16)/t11-,13+/m1/s1. The molecule has 1 heterocycles. The zero-order valence-electron chi connectivity index (χ0n) is 10.6. The van der Waals surface area contributed by atoms with Crippen molar-refractivity contribution >= 4 is 5.91 Å². The quantitative estimate of drug-likeness (QED) is 0.849. The van der Waals surface area contributed by atoms with Crippen molar-refractivity contribution in [3.63, 3.8) is 0 Å². The van der Waals surface area contributed by atoms with E-state index in [1.807, 2.05) is 30.3 Å². The van der Waals surface area contributed by atoms with Crippen molar-refractivity contribution < 1.29 is 9.53 Å². The largest absolute Gasteiger partial charge is 0.345 e. The Morgan fingerprint density at radius 1 is 1.24 bits per heavy atom. The summed E-state index contributed by atoms with van der Waals surface area (Å²) in [7, 11) is 0. The first-order valence-electron chi connectivity index (χ1n) is 5.96. The van der Waals surface area contributed by atoms with E-state index in [1.54, 1.807) is 0 Å². The number of carbonyl (C=O) groups excluding carboxylic acids is 1. The molecule has 2 atom stereocenters. The van der Waals surface area contributed by atoms with Crippen molar-refractivity contribution in [2.24, 2.45) is 5.41 Å². The molecule has 0 aromatic heterocycles. The van der Waals surface area contributed by atoms with Crippen LogP contribution in [-0.4, -0.2) is 18.2 Å². The van der Waals surface area contributed by atoms with Crippen LogP contribution in [0.25, 0.3) is 0 Å². The van der Waals surface area contributed by atoms with E-state index in [0.717, 1.165) is 5.56 Å². The second kappa shape index (κ2) is 4.49. The third kappa shape index (κ3) is 2.86. The number of amides is 1. The van der Waals surface area contributed by atoms with Crippen LogP contribution < -0.4 is 5.32 Å². The first-order valence-corrected chi connectivity index (χ1v) is 5.96. The third-order valence-corrected chi connectivity index (χ3v) is 2.92. The zero-order valence-corrected chi connectivity index (χ0v) is 10.6. The molecule has 1 aliphatic rings. The Bertz CT molecular complexity index is 394. The molecule has 0 bridgehead atoms. The SMILES string of the molecule is CC(C)(C)[C@H]1NC(=O)[C@@H](Cc2ccccc2)O1. The number of ether oxygens (including phenoxy) is 1. The highest BCUT2D eigenvalue weighted by molar-refractivity contribution is 5.83. The Hall–Kier alpha value is -1.35. The van der Waals surface area contributed by atoms with Crippen molar-refractivity contribution in [3.05, 3.63) is 35.9 Å². The van der Waals surface area contributed by atoms with Crippen molar-refractivity contribution in [2.75, 3.05) is 0 Å². The van der Waals surface area contributed by atoms with Gasteiger partial charge >= 0.3 is 0 Å². The van der Waals surface area contributed by atoms with Crippen LogP contribution in [0.1, 0.15) is 26.3 Å². The van der Waals surface area contributed by atoms with Gasteiger partial charge in [-0.15, -0.1) is 0 Å². The lowest BCUT2D eigenvalue weighted by Crippen LogP contribution is -2.37. The molecular weight excluding hydrogens is 214 g/mol. The Balaban J connectivity index is 2.02. The Morgan fingerprint density at radius 3 is 2.41 bits per heavy atom. The average molecular weight is 233 g/mol. The van der Waals surface area contributed by atoms with Crippen LogP contribution in [0.5, 0.6) is 0 Å². The molecule has 0 aliphatic carbocycles. The molecule has 1 saturated heterocycles. The lowest BCUT2D eigenvalue weighted by molar-refractivity contribution is -0.123. The van der Waals surface area contributed by atoms with E-state index in [2.05, 4.69) is 26.1 Å². The Morgan fingerprint density at radius 2 is 1.88 bits per heavy atom. The minimum Gasteiger partial charge on any atom is -0.345 e. The van der Waals surface area contributed by atoms with Crippen molar-refractivity contribution in [3.8, 4) is 0 Å². The van der Waals surface area contributed by atoms with Crippen LogP contribution in [-0.2, 0) is 16.0 Å². The molecule has 1 amide bonds. The number of rotatable bonds is 2. The van der Waals surface area contributed by atoms with Gasteiger partial charge in [0.15, 0.2) is 0 Å². The fraction of sp³-hybridized carbons (Fsp3) is 0.500. The minimum absolute atomic E-state index is 0.00576. The van der Waals surface area contributed by atoms with Gasteiger partial charge in [0, 0.05) is 11.8 Å². The number of carbonyl (C=O) groups is 1. The summed E-state index contributed by atoms with van der Waals surface area (Å²) < 4.78 is 5.78. The molecule has 1 aromatic carbocycles. The van der Waals surface area contributed by atoms with Gasteiger partial charge in [-0.05, 0) is 5.56 Å². The van der Waals surface area contributed by atoms with Crippen LogP contribution >= 0.6 is 0 Å². The molecule has 92 valence electrons. The summed E-state index contributed by atoms with van der Waals surface area (Å²) in [6.07, 6.45) is 0.0875. The van der Waals surface area contributed by atoms with E-state index in [4.69, 9.17) is 4.74 Å². The Kier molecular flexibility index (Phi) is 3.20. The lowest BCUT2D eigenvalue weighted by atomic mass is 9.94. The predicted molar refractivity (Wildman–Crippen MR) is 66.4 cm³/mol. The maximum atomic E-state index is 11.8. The van der Waals surface area contributed by atoms with E-state index >= 15 is 0 Å². The van der Waals surface area contributed by atoms with Crippen LogP contribution in [0, 0.1) is 5.41 Å². The summed E-state index contributed by atoms with van der Waals surface area (Å²) in [5, 5.41) is 2.90. The van der Waals surface area contributed by atoms with Crippen LogP contribution in [0.2, 0.25) is 0 Å². The smallest absolute Gasteiger partial charge is 0.251 e. The van der Waals surface area contributed by atoms with Crippen molar-refractivity contribution in [1.29, 1.82) is 0 Å². The first kappa shape index (κ1) is 12.1. The van der Waals surface area contributed by atoms with E-state index in [9.17, 15) is 4.79 Å². The number of nitrogens with one attached hydrogen (secondary N) is 1. The third-order valence-electron chi connectivity index (χ3n) is 2.92. The highest BCUT2D eigenvalue weighted by Crippen LogP contribution is 2.26. The van der Waals surface area contributed by atoms with Gasteiger partial charge in [0.05, 0.1) is 0 Å². The molecule has 0 radical (unpaired) electrons. The van der Waals surface area contributed by atoms with Crippen molar-refractivity contribution in [2.45, 2.75) is 39.5 Å². The second-order valence-electron chi connectivity index (χ2n) is 5.57. The van der Waals surface area contributed by atoms with Crippen LogP contribution in [0.3, 0.4) is 0 Å². The summed E-state index contributed by atoms with van der Waals surface area (Å²) in [4.78, 5) is 11.8. The van der Waals surface area contributed by atoms with Gasteiger partial charge in [-0.3, -0.25) is 4.79 Å². The first-order chi connectivity index (χ1) is 7.97. The highest BCUT2D eigenvalue weighted by atomic mass is 16.5. The van der Waals surface area contributed by atoms with Crippen molar-refractivity contribution in [1.82, 2.24) is 5.32 Å². The molecule has 0 unspecified atom stereocenters. The lowest BCUT2D eigenvalue weighted by Gasteiger charge is -2.25. The summed E-state index contributed by atoms with van der Waals surface area (Å²) in [6, 6.07) is 9.95. The summed E-state index contributed by atoms with van der Waals surface area (Å²) in [5.74, 6) is -0.00576. The van der Waals surface area contributed by atoms with Crippen LogP contribution in [0.4, 0.5) is 0 Å². The molecule has 1 aliphatic heterocycles. The van der Waals surface area contributed by atoms with Gasteiger partial charge in [0.1, 0.15) is 12.3 Å². The maximum absolute atomic E-state index is 11.8. The molecule has 3 nitrogen and oxygen atoms in total. The monoisotopic (exact) mass is 233 g/mol. The molecule has 1 aromatic rings. The van der Waals surface area contributed by atoms with Gasteiger partial charge in [-0.25, -0.2) is 0 Å². The van der Waals surface area contributed by atoms with Gasteiger partial charge in [0.25, 0.3) is 5.91 Å². The number of hydrogen-bond acceptors (Lipinski definition) is 2. The molecule has 0 spiro atoms. The fourth-order valence-corrected chi connectivity index (χ4v) is 1.87. The topological polar surface area (TPSA) is 38.3 Å². The van der Waals surface area contributed by atoms with Gasteiger partial charge in [-0.1, -0.05) is 51.1 Å². The minimum atomic E-state index is -0.360. The molecular formula is C14H19NO2. The molecule has 17 heavy (non-hydrogen) atoms.